The number of carboxylic acid groups (broad SMARTS) is 1. The molecule has 0 saturated heterocycles. The van der Waals surface area contributed by atoms with Crippen molar-refractivity contribution in [2.75, 3.05) is 0 Å². The number of aliphatic carboxylic acids is 1. The first kappa shape index (κ1) is 17.8. The third-order valence-corrected chi connectivity index (χ3v) is 2.50. The first-order valence-electron chi connectivity index (χ1n) is 6.35. The highest BCUT2D eigenvalue weighted by Crippen LogP contribution is 2.16. The number of rotatable bonds is 4. The summed E-state index contributed by atoms with van der Waals surface area (Å²) < 4.78 is 44.3. The highest BCUT2D eigenvalue weighted by Gasteiger charge is 2.25. The van der Waals surface area contributed by atoms with E-state index < -0.39 is 47.6 Å². The molecule has 0 heterocycles. The van der Waals surface area contributed by atoms with Gasteiger partial charge < -0.3 is 15.2 Å². The van der Waals surface area contributed by atoms with Crippen LogP contribution in [0, 0.1) is 17.5 Å². The van der Waals surface area contributed by atoms with Gasteiger partial charge in [-0.2, -0.15) is 0 Å². The molecule has 0 saturated carbocycles. The minimum Gasteiger partial charge on any atom is -0.480 e. The normalized spacial score (nSPS) is 12.6. The van der Waals surface area contributed by atoms with Crippen molar-refractivity contribution in [3.63, 3.8) is 0 Å². The predicted molar refractivity (Wildman–Crippen MR) is 70.8 cm³/mol. The summed E-state index contributed by atoms with van der Waals surface area (Å²) in [7, 11) is 0. The Balaban J connectivity index is 2.88. The summed E-state index contributed by atoms with van der Waals surface area (Å²) in [6.07, 6.45) is -1.57. The summed E-state index contributed by atoms with van der Waals surface area (Å²) in [5.41, 5.74) is -1.22. The van der Waals surface area contributed by atoms with E-state index in [2.05, 4.69) is 0 Å². The highest BCUT2D eigenvalue weighted by molar-refractivity contribution is 5.80. The molecule has 0 aliphatic heterocycles. The van der Waals surface area contributed by atoms with E-state index in [1.807, 2.05) is 5.32 Å². The lowest BCUT2D eigenvalue weighted by molar-refractivity contribution is -0.139. The van der Waals surface area contributed by atoms with Gasteiger partial charge in [-0.05, 0) is 32.4 Å². The largest absolute Gasteiger partial charge is 0.480 e. The van der Waals surface area contributed by atoms with E-state index in [1.54, 1.807) is 20.8 Å². The molecule has 0 bridgehead atoms. The van der Waals surface area contributed by atoms with Gasteiger partial charge in [-0.15, -0.1) is 0 Å². The molecule has 1 rings (SSSR count). The quantitative estimate of drug-likeness (QED) is 0.837. The number of carboxylic acids is 1. The van der Waals surface area contributed by atoms with Crippen LogP contribution in [0.1, 0.15) is 26.3 Å². The lowest BCUT2D eigenvalue weighted by atomic mass is 10.1. The van der Waals surface area contributed by atoms with Crippen molar-refractivity contribution >= 4 is 12.1 Å². The zero-order chi connectivity index (χ0) is 17.1. The Labute approximate surface area is 125 Å². The maximum absolute atomic E-state index is 13.5. The van der Waals surface area contributed by atoms with Crippen LogP contribution in [0.15, 0.2) is 12.1 Å². The second-order valence-corrected chi connectivity index (χ2v) is 5.60. The zero-order valence-corrected chi connectivity index (χ0v) is 12.2. The molecule has 8 heteroatoms. The van der Waals surface area contributed by atoms with Gasteiger partial charge in [0.1, 0.15) is 17.5 Å². The topological polar surface area (TPSA) is 75.6 Å². The number of carbonyl (C=O) groups is 2. The summed E-state index contributed by atoms with van der Waals surface area (Å²) in [4.78, 5) is 22.7. The fraction of sp³-hybridized carbons (Fsp3) is 0.429. The molecular formula is C14H16F3NO4. The molecule has 2 N–H and O–H groups in total. The SMILES string of the molecule is CC(C)(C)OC(=O)NC(Cc1cc(F)c(F)cc1F)C(=O)O. The highest BCUT2D eigenvalue weighted by atomic mass is 19.2. The van der Waals surface area contributed by atoms with Crippen LogP contribution in [0.2, 0.25) is 0 Å². The van der Waals surface area contributed by atoms with Crippen molar-refractivity contribution in [2.45, 2.75) is 38.8 Å². The molecule has 1 unspecified atom stereocenters. The van der Waals surface area contributed by atoms with Gasteiger partial charge in [-0.3, -0.25) is 0 Å². The summed E-state index contributed by atoms with van der Waals surface area (Å²) in [5, 5.41) is 11.1. The van der Waals surface area contributed by atoms with Crippen molar-refractivity contribution in [3.8, 4) is 0 Å². The Hall–Kier alpha value is -2.25. The number of alkyl carbamates (subject to hydrolysis) is 1. The number of hydrogen-bond donors (Lipinski definition) is 2. The van der Waals surface area contributed by atoms with Crippen LogP contribution in [-0.2, 0) is 16.0 Å². The monoisotopic (exact) mass is 319 g/mol. The lowest BCUT2D eigenvalue weighted by Gasteiger charge is -2.22. The molecule has 0 fully saturated rings. The van der Waals surface area contributed by atoms with Crippen LogP contribution in [0.3, 0.4) is 0 Å². The molecule has 0 aromatic heterocycles. The third-order valence-electron chi connectivity index (χ3n) is 2.50. The zero-order valence-electron chi connectivity index (χ0n) is 12.2. The summed E-state index contributed by atoms with van der Waals surface area (Å²) in [5.74, 6) is -5.25. The molecule has 0 spiro atoms. The molecule has 5 nitrogen and oxygen atoms in total. The van der Waals surface area contributed by atoms with Gasteiger partial charge in [0.05, 0.1) is 0 Å². The van der Waals surface area contributed by atoms with Crippen molar-refractivity contribution < 1.29 is 32.6 Å². The fourth-order valence-corrected chi connectivity index (χ4v) is 1.59. The van der Waals surface area contributed by atoms with Gasteiger partial charge in [0, 0.05) is 12.5 Å². The average Bonchev–Trinajstić information content (AvgIpc) is 2.32. The molecule has 1 amide bonds. The maximum Gasteiger partial charge on any atom is 0.408 e. The Morgan fingerprint density at radius 2 is 1.73 bits per heavy atom. The van der Waals surface area contributed by atoms with Crippen LogP contribution < -0.4 is 5.32 Å². The predicted octanol–water partition coefficient (Wildman–Crippen LogP) is 2.62. The fourth-order valence-electron chi connectivity index (χ4n) is 1.59. The van der Waals surface area contributed by atoms with Gasteiger partial charge in [-0.1, -0.05) is 0 Å². The smallest absolute Gasteiger partial charge is 0.408 e. The minimum atomic E-state index is -1.55. The van der Waals surface area contributed by atoms with Crippen LogP contribution >= 0.6 is 0 Å². The van der Waals surface area contributed by atoms with E-state index in [9.17, 15) is 22.8 Å². The summed E-state index contributed by atoms with van der Waals surface area (Å²) in [6, 6.07) is -0.678. The second-order valence-electron chi connectivity index (χ2n) is 5.60. The van der Waals surface area contributed by atoms with Crippen LogP contribution in [0.4, 0.5) is 18.0 Å². The second kappa shape index (κ2) is 6.67. The molecule has 0 aliphatic carbocycles. The van der Waals surface area contributed by atoms with Crippen molar-refractivity contribution in [2.24, 2.45) is 0 Å². The van der Waals surface area contributed by atoms with Gasteiger partial charge in [-0.25, -0.2) is 22.8 Å². The first-order chi connectivity index (χ1) is 9.99. The summed E-state index contributed by atoms with van der Waals surface area (Å²) >= 11 is 0. The van der Waals surface area contributed by atoms with E-state index in [4.69, 9.17) is 9.84 Å². The van der Waals surface area contributed by atoms with Crippen LogP contribution in [0.25, 0.3) is 0 Å². The third kappa shape index (κ3) is 5.27. The Morgan fingerprint density at radius 3 is 2.23 bits per heavy atom. The van der Waals surface area contributed by atoms with Gasteiger partial charge in [0.15, 0.2) is 11.6 Å². The number of nitrogens with one attached hydrogen (secondary N) is 1. The van der Waals surface area contributed by atoms with Gasteiger partial charge >= 0.3 is 12.1 Å². The first-order valence-corrected chi connectivity index (χ1v) is 6.35. The lowest BCUT2D eigenvalue weighted by Crippen LogP contribution is -2.44. The van der Waals surface area contributed by atoms with Gasteiger partial charge in [0.25, 0.3) is 0 Å². The number of ether oxygens (including phenoxy) is 1. The van der Waals surface area contributed by atoms with E-state index in [0.717, 1.165) is 0 Å². The van der Waals surface area contributed by atoms with E-state index in [-0.39, 0.29) is 5.56 Å². The molecule has 122 valence electrons. The molecule has 1 aromatic carbocycles. The minimum absolute atomic E-state index is 0.317. The summed E-state index contributed by atoms with van der Waals surface area (Å²) in [6.45, 7) is 4.74. The number of benzene rings is 1. The van der Waals surface area contributed by atoms with Crippen LogP contribution in [-0.4, -0.2) is 28.8 Å². The van der Waals surface area contributed by atoms with E-state index in [1.165, 1.54) is 0 Å². The molecule has 22 heavy (non-hydrogen) atoms. The van der Waals surface area contributed by atoms with Crippen molar-refractivity contribution in [1.82, 2.24) is 5.32 Å². The number of halogens is 3. The standard InChI is InChI=1S/C14H16F3NO4/c1-14(2,3)22-13(21)18-11(12(19)20)5-7-4-9(16)10(17)6-8(7)15/h4,6,11H,5H2,1-3H3,(H,18,21)(H,19,20). The molecular weight excluding hydrogens is 303 g/mol. The van der Waals surface area contributed by atoms with E-state index in [0.29, 0.717) is 12.1 Å². The Kier molecular flexibility index (Phi) is 5.40. The molecule has 0 aliphatic rings. The number of carbonyl (C=O) groups excluding carboxylic acids is 1. The number of amides is 1. The van der Waals surface area contributed by atoms with E-state index >= 15 is 0 Å². The molecule has 0 radical (unpaired) electrons. The Morgan fingerprint density at radius 1 is 1.18 bits per heavy atom. The van der Waals surface area contributed by atoms with Crippen molar-refractivity contribution in [1.29, 1.82) is 0 Å². The molecule has 1 atom stereocenters. The molecule has 1 aromatic rings. The average molecular weight is 319 g/mol. The number of hydrogen-bond acceptors (Lipinski definition) is 3. The van der Waals surface area contributed by atoms with Crippen LogP contribution in [0.5, 0.6) is 0 Å². The van der Waals surface area contributed by atoms with Gasteiger partial charge in [0.2, 0.25) is 0 Å². The van der Waals surface area contributed by atoms with Crippen molar-refractivity contribution in [3.05, 3.63) is 35.1 Å². The maximum atomic E-state index is 13.5. The Bertz CT molecular complexity index is 584.